The molecule has 1 N–H and O–H groups in total. The summed E-state index contributed by atoms with van der Waals surface area (Å²) in [5, 5.41) is 11.1. The molecule has 1 saturated heterocycles. The van der Waals surface area contributed by atoms with Gasteiger partial charge in [-0.3, -0.25) is 9.59 Å². The molecule has 0 aromatic heterocycles. The van der Waals surface area contributed by atoms with Crippen LogP contribution in [0.25, 0.3) is 0 Å². The molecule has 2 aromatic carbocycles. The van der Waals surface area contributed by atoms with Gasteiger partial charge in [-0.15, -0.1) is 0 Å². The van der Waals surface area contributed by atoms with Crippen molar-refractivity contribution < 1.29 is 32.6 Å². The summed E-state index contributed by atoms with van der Waals surface area (Å²) in [6, 6.07) is 10.6. The third-order valence-corrected chi connectivity index (χ3v) is 8.43. The van der Waals surface area contributed by atoms with Crippen LogP contribution < -0.4 is 4.74 Å². The third-order valence-electron chi connectivity index (χ3n) is 8.11. The summed E-state index contributed by atoms with van der Waals surface area (Å²) in [6.45, 7) is 2.16. The Hall–Kier alpha value is -2.78. The largest absolute Gasteiger partial charge is 0.490 e. The summed E-state index contributed by atoms with van der Waals surface area (Å²) in [6.07, 6.45) is -0.790. The minimum atomic E-state index is -5.14. The van der Waals surface area contributed by atoms with E-state index in [1.807, 2.05) is 0 Å². The smallest absolute Gasteiger partial charge is 0.430 e. The van der Waals surface area contributed by atoms with Crippen LogP contribution in [0.2, 0.25) is 5.02 Å². The molecule has 40 heavy (non-hydrogen) atoms. The summed E-state index contributed by atoms with van der Waals surface area (Å²) < 4.78 is 48.3. The predicted octanol–water partition coefficient (Wildman–Crippen LogP) is 5.84. The number of benzene rings is 2. The topological polar surface area (TPSA) is 70.1 Å². The van der Waals surface area contributed by atoms with Crippen molar-refractivity contribution in [3.05, 3.63) is 64.2 Å². The molecule has 0 spiro atoms. The maximum atomic E-state index is 14.1. The molecule has 2 aromatic rings. The first-order chi connectivity index (χ1) is 18.8. The molecule has 2 aliphatic rings. The van der Waals surface area contributed by atoms with Crippen molar-refractivity contribution in [2.24, 2.45) is 11.8 Å². The highest BCUT2D eigenvalue weighted by atomic mass is 35.5. The van der Waals surface area contributed by atoms with Gasteiger partial charge in [-0.1, -0.05) is 42.8 Å². The highest BCUT2D eigenvalue weighted by Crippen LogP contribution is 2.43. The molecule has 4 rings (SSSR count). The number of halogens is 4. The number of ether oxygens (including phenoxy) is 1. The van der Waals surface area contributed by atoms with Gasteiger partial charge in [0.1, 0.15) is 5.75 Å². The molecule has 218 valence electrons. The summed E-state index contributed by atoms with van der Waals surface area (Å²) in [5.74, 6) is -0.144. The molecule has 1 heterocycles. The zero-order valence-electron chi connectivity index (χ0n) is 23.0. The van der Waals surface area contributed by atoms with E-state index in [2.05, 4.69) is 0 Å². The molecular weight excluding hydrogens is 545 g/mol. The molecule has 0 unspecified atom stereocenters. The SMILES string of the molecule is CCc1cccc([C@@](O)(C(=O)N2CCC(CC3CC(Oc4ccc(C(=O)N(C)C)c(Cl)c4)C3)CC2)C(F)(F)F)c1. The standard InChI is InChI=1S/C30H36ClF3N2O4/c1-4-19-6-5-7-22(15-19)29(39,30(32,33)34)28(38)36-12-10-20(11-13-36)14-21-16-24(17-21)40-23-8-9-25(26(31)18-23)27(37)35(2)3/h5-9,15,18,20-21,24,39H,4,10-14,16-17H2,1-3H3/t21?,24?,29-/m1/s1. The van der Waals surface area contributed by atoms with Crippen LogP contribution in [0.5, 0.6) is 5.75 Å². The van der Waals surface area contributed by atoms with Gasteiger partial charge in [0.25, 0.3) is 17.4 Å². The molecule has 6 nitrogen and oxygen atoms in total. The van der Waals surface area contributed by atoms with Crippen LogP contribution in [0.15, 0.2) is 42.5 Å². The Morgan fingerprint density at radius 2 is 1.75 bits per heavy atom. The van der Waals surface area contributed by atoms with Gasteiger partial charge in [0.15, 0.2) is 0 Å². The molecule has 1 aliphatic heterocycles. The highest BCUT2D eigenvalue weighted by molar-refractivity contribution is 6.34. The fourth-order valence-electron chi connectivity index (χ4n) is 5.64. The number of likely N-dealkylation sites (tertiary alicyclic amines) is 1. The molecule has 1 saturated carbocycles. The van der Waals surface area contributed by atoms with E-state index in [1.54, 1.807) is 45.3 Å². The number of alkyl halides is 3. The van der Waals surface area contributed by atoms with Crippen molar-refractivity contribution in [1.82, 2.24) is 9.80 Å². The monoisotopic (exact) mass is 580 g/mol. The van der Waals surface area contributed by atoms with E-state index >= 15 is 0 Å². The summed E-state index contributed by atoms with van der Waals surface area (Å²) in [7, 11) is 3.32. The van der Waals surface area contributed by atoms with Crippen molar-refractivity contribution in [3.63, 3.8) is 0 Å². The van der Waals surface area contributed by atoms with Crippen molar-refractivity contribution in [2.45, 2.75) is 63.3 Å². The quantitative estimate of drug-likeness (QED) is 0.426. The van der Waals surface area contributed by atoms with Gasteiger partial charge in [0, 0.05) is 32.7 Å². The number of hydrogen-bond acceptors (Lipinski definition) is 4. The van der Waals surface area contributed by atoms with Crippen LogP contribution >= 0.6 is 11.6 Å². The van der Waals surface area contributed by atoms with Crippen molar-refractivity contribution in [2.75, 3.05) is 27.2 Å². The lowest BCUT2D eigenvalue weighted by Crippen LogP contribution is -2.57. The Labute approximate surface area is 238 Å². The summed E-state index contributed by atoms with van der Waals surface area (Å²) >= 11 is 6.27. The van der Waals surface area contributed by atoms with E-state index in [4.69, 9.17) is 16.3 Å². The van der Waals surface area contributed by atoms with Crippen molar-refractivity contribution in [3.8, 4) is 5.75 Å². The van der Waals surface area contributed by atoms with Crippen LogP contribution in [-0.2, 0) is 16.8 Å². The van der Waals surface area contributed by atoms with Crippen molar-refractivity contribution >= 4 is 23.4 Å². The molecular formula is C30H36ClF3N2O4. The highest BCUT2D eigenvalue weighted by Gasteiger charge is 2.62. The van der Waals surface area contributed by atoms with Gasteiger partial charge in [-0.25, -0.2) is 0 Å². The molecule has 0 bridgehead atoms. The molecule has 10 heteroatoms. The third kappa shape index (κ3) is 6.25. The number of amides is 2. The summed E-state index contributed by atoms with van der Waals surface area (Å²) in [5.41, 5.74) is -2.97. The number of rotatable bonds is 8. The lowest BCUT2D eigenvalue weighted by molar-refractivity contribution is -0.262. The van der Waals surface area contributed by atoms with Crippen molar-refractivity contribution in [1.29, 1.82) is 0 Å². The first kappa shape index (κ1) is 30.2. The van der Waals surface area contributed by atoms with Gasteiger partial charge < -0.3 is 19.6 Å². The normalized spacial score (nSPS) is 21.4. The number of nitrogens with zero attached hydrogens (tertiary/aromatic N) is 2. The van der Waals surface area contributed by atoms with Crippen LogP contribution in [0.1, 0.15) is 60.5 Å². The Balaban J connectivity index is 1.28. The number of carbonyl (C=O) groups is 2. The number of piperidine rings is 1. The summed E-state index contributed by atoms with van der Waals surface area (Å²) in [4.78, 5) is 27.9. The van der Waals surface area contributed by atoms with E-state index in [1.165, 1.54) is 17.0 Å². The van der Waals surface area contributed by atoms with Gasteiger partial charge >= 0.3 is 6.18 Å². The zero-order chi connectivity index (χ0) is 29.2. The first-order valence-electron chi connectivity index (χ1n) is 13.7. The lowest BCUT2D eigenvalue weighted by atomic mass is 9.74. The second-order valence-corrected chi connectivity index (χ2v) is 11.6. The number of aryl methyl sites for hydroxylation is 1. The second kappa shape index (κ2) is 12.0. The number of carbonyl (C=O) groups excluding carboxylic acids is 2. The Morgan fingerprint density at radius 1 is 1.07 bits per heavy atom. The first-order valence-corrected chi connectivity index (χ1v) is 14.1. The Bertz CT molecular complexity index is 1220. The molecule has 2 fully saturated rings. The van der Waals surface area contributed by atoms with Gasteiger partial charge in [0.05, 0.1) is 16.7 Å². The lowest BCUT2D eigenvalue weighted by Gasteiger charge is -2.41. The fourth-order valence-corrected chi connectivity index (χ4v) is 5.89. The zero-order valence-corrected chi connectivity index (χ0v) is 23.8. The van der Waals surface area contributed by atoms with Gasteiger partial charge in [0.2, 0.25) is 0 Å². The van der Waals surface area contributed by atoms with E-state index in [0.29, 0.717) is 53.0 Å². The van der Waals surface area contributed by atoms with Gasteiger partial charge in [-0.2, -0.15) is 13.2 Å². The average Bonchev–Trinajstić information content (AvgIpc) is 2.90. The fraction of sp³-hybridized carbons (Fsp3) is 0.533. The Morgan fingerprint density at radius 3 is 2.33 bits per heavy atom. The molecule has 1 aliphatic carbocycles. The predicted molar refractivity (Wildman–Crippen MR) is 146 cm³/mol. The Kier molecular flexibility index (Phi) is 9.05. The van der Waals surface area contributed by atoms with Gasteiger partial charge in [-0.05, 0) is 74.1 Å². The van der Waals surface area contributed by atoms with E-state index in [-0.39, 0.29) is 25.1 Å². The maximum absolute atomic E-state index is 14.1. The maximum Gasteiger partial charge on any atom is 0.430 e. The van der Waals surface area contributed by atoms with E-state index in [0.717, 1.165) is 30.2 Å². The molecule has 1 atom stereocenters. The van der Waals surface area contributed by atoms with Crippen LogP contribution in [0, 0.1) is 11.8 Å². The average molecular weight is 581 g/mol. The van der Waals surface area contributed by atoms with E-state index in [9.17, 15) is 27.9 Å². The second-order valence-electron chi connectivity index (χ2n) is 11.2. The number of aliphatic hydroxyl groups is 1. The minimum absolute atomic E-state index is 0.0406. The molecule has 0 radical (unpaired) electrons. The van der Waals surface area contributed by atoms with Crippen LogP contribution in [-0.4, -0.2) is 66.2 Å². The van der Waals surface area contributed by atoms with Crippen LogP contribution in [0.3, 0.4) is 0 Å². The van der Waals surface area contributed by atoms with E-state index < -0.39 is 23.2 Å². The van der Waals surface area contributed by atoms with Crippen LogP contribution in [0.4, 0.5) is 13.2 Å². The minimum Gasteiger partial charge on any atom is -0.490 e. The molecule has 2 amide bonds. The number of hydrogen-bond donors (Lipinski definition) is 1.